The van der Waals surface area contributed by atoms with Crippen LogP contribution in [-0.4, -0.2) is 17.5 Å². The van der Waals surface area contributed by atoms with Gasteiger partial charge in [0.25, 0.3) is 11.8 Å². The number of anilines is 1. The first kappa shape index (κ1) is 25.0. The van der Waals surface area contributed by atoms with Crippen molar-refractivity contribution in [3.63, 3.8) is 0 Å². The Hall–Kier alpha value is -3.09. The number of fused-ring (bicyclic) bond motifs is 1. The SMILES string of the molecule is CCCCc1ccc(NC(=O)c2oc3c(c2C)/C(=N/NC(=O)c2ccc(Cl)cc2Cl)CCC3)cc1. The molecule has 0 spiro atoms. The topological polar surface area (TPSA) is 83.7 Å². The number of halogens is 2. The Bertz CT molecular complexity index is 1280. The molecule has 0 radical (unpaired) electrons. The Morgan fingerprint density at radius 1 is 1.06 bits per heavy atom. The highest BCUT2D eigenvalue weighted by Crippen LogP contribution is 2.30. The average Bonchev–Trinajstić information content (AvgIpc) is 3.19. The van der Waals surface area contributed by atoms with Gasteiger partial charge in [-0.05, 0) is 68.5 Å². The number of benzene rings is 2. The van der Waals surface area contributed by atoms with Crippen molar-refractivity contribution in [3.05, 3.63) is 86.3 Å². The van der Waals surface area contributed by atoms with E-state index in [0.29, 0.717) is 40.6 Å². The second kappa shape index (κ2) is 11.1. The summed E-state index contributed by atoms with van der Waals surface area (Å²) in [7, 11) is 0. The van der Waals surface area contributed by atoms with Gasteiger partial charge in [0, 0.05) is 28.3 Å². The lowest BCUT2D eigenvalue weighted by Gasteiger charge is -2.13. The van der Waals surface area contributed by atoms with Crippen LogP contribution in [-0.2, 0) is 12.8 Å². The van der Waals surface area contributed by atoms with Crippen LogP contribution in [0.1, 0.15) is 76.0 Å². The second-order valence-corrected chi connectivity index (χ2v) is 9.43. The number of hydrazone groups is 1. The molecular formula is C27H27Cl2N3O3. The van der Waals surface area contributed by atoms with Crippen LogP contribution in [0, 0.1) is 6.92 Å². The highest BCUT2D eigenvalue weighted by molar-refractivity contribution is 6.36. The van der Waals surface area contributed by atoms with Crippen LogP contribution in [0.25, 0.3) is 0 Å². The molecule has 8 heteroatoms. The Balaban J connectivity index is 1.50. The summed E-state index contributed by atoms with van der Waals surface area (Å²) in [6.45, 7) is 4.00. The molecule has 0 bridgehead atoms. The predicted octanol–water partition coefficient (Wildman–Crippen LogP) is 6.96. The van der Waals surface area contributed by atoms with Crippen molar-refractivity contribution in [3.8, 4) is 0 Å². The number of hydrogen-bond donors (Lipinski definition) is 2. The van der Waals surface area contributed by atoms with Crippen LogP contribution >= 0.6 is 23.2 Å². The van der Waals surface area contributed by atoms with E-state index in [1.165, 1.54) is 11.6 Å². The largest absolute Gasteiger partial charge is 0.455 e. The molecule has 0 saturated heterocycles. The smallest absolute Gasteiger partial charge is 0.291 e. The highest BCUT2D eigenvalue weighted by atomic mass is 35.5. The number of aryl methyl sites for hydroxylation is 2. The number of nitrogens with zero attached hydrogens (tertiary/aromatic N) is 1. The summed E-state index contributed by atoms with van der Waals surface area (Å²) in [4.78, 5) is 25.6. The van der Waals surface area contributed by atoms with Crippen LogP contribution < -0.4 is 10.7 Å². The molecule has 0 unspecified atom stereocenters. The van der Waals surface area contributed by atoms with Crippen molar-refractivity contribution in [2.24, 2.45) is 5.10 Å². The number of rotatable bonds is 7. The molecule has 2 N–H and O–H groups in total. The van der Waals surface area contributed by atoms with Gasteiger partial charge in [0.2, 0.25) is 0 Å². The van der Waals surface area contributed by atoms with E-state index < -0.39 is 5.91 Å². The minimum absolute atomic E-state index is 0.247. The quantitative estimate of drug-likeness (QED) is 0.336. The van der Waals surface area contributed by atoms with Gasteiger partial charge in [-0.15, -0.1) is 0 Å². The number of nitrogens with one attached hydrogen (secondary N) is 2. The van der Waals surface area contributed by atoms with Crippen molar-refractivity contribution in [2.75, 3.05) is 5.32 Å². The average molecular weight is 512 g/mol. The number of carbonyl (C=O) groups is 2. The van der Waals surface area contributed by atoms with Crippen LogP contribution in [0.2, 0.25) is 10.0 Å². The third kappa shape index (κ3) is 5.77. The van der Waals surface area contributed by atoms with Crippen LogP contribution in [0.4, 0.5) is 5.69 Å². The number of furan rings is 1. The lowest BCUT2D eigenvalue weighted by atomic mass is 9.93. The Kier molecular flexibility index (Phi) is 7.93. The normalized spacial score (nSPS) is 14.0. The number of unbranched alkanes of at least 4 members (excludes halogenated alkanes) is 1. The second-order valence-electron chi connectivity index (χ2n) is 8.59. The summed E-state index contributed by atoms with van der Waals surface area (Å²) in [5.41, 5.74) is 6.96. The molecule has 0 saturated carbocycles. The first-order valence-corrected chi connectivity index (χ1v) is 12.5. The van der Waals surface area contributed by atoms with E-state index in [1.807, 2.05) is 31.2 Å². The molecule has 1 aromatic heterocycles. The molecule has 0 aliphatic heterocycles. The summed E-state index contributed by atoms with van der Waals surface area (Å²) in [5.74, 6) is 0.209. The fourth-order valence-electron chi connectivity index (χ4n) is 4.17. The monoisotopic (exact) mass is 511 g/mol. The summed E-state index contributed by atoms with van der Waals surface area (Å²) < 4.78 is 5.96. The minimum Gasteiger partial charge on any atom is -0.455 e. The number of amides is 2. The maximum absolute atomic E-state index is 13.0. The van der Waals surface area contributed by atoms with E-state index in [1.54, 1.807) is 12.1 Å². The van der Waals surface area contributed by atoms with Gasteiger partial charge >= 0.3 is 0 Å². The molecule has 1 aliphatic rings. The maximum Gasteiger partial charge on any atom is 0.291 e. The lowest BCUT2D eigenvalue weighted by molar-refractivity contribution is 0.0953. The Morgan fingerprint density at radius 2 is 1.83 bits per heavy atom. The van der Waals surface area contributed by atoms with Gasteiger partial charge < -0.3 is 9.73 Å². The summed E-state index contributed by atoms with van der Waals surface area (Å²) >= 11 is 12.0. The molecule has 1 aliphatic carbocycles. The van der Waals surface area contributed by atoms with E-state index in [0.717, 1.165) is 31.2 Å². The summed E-state index contributed by atoms with van der Waals surface area (Å²) in [5, 5.41) is 7.96. The molecular weight excluding hydrogens is 485 g/mol. The molecule has 6 nitrogen and oxygen atoms in total. The summed E-state index contributed by atoms with van der Waals surface area (Å²) in [6, 6.07) is 12.5. The minimum atomic E-state index is -0.437. The molecule has 4 rings (SSSR count). The number of hydrogen-bond acceptors (Lipinski definition) is 4. The zero-order valence-electron chi connectivity index (χ0n) is 19.7. The van der Waals surface area contributed by atoms with E-state index in [9.17, 15) is 9.59 Å². The van der Waals surface area contributed by atoms with E-state index in [2.05, 4.69) is 22.8 Å². The maximum atomic E-state index is 13.0. The molecule has 1 heterocycles. The van der Waals surface area contributed by atoms with Gasteiger partial charge in [0.1, 0.15) is 5.76 Å². The third-order valence-electron chi connectivity index (χ3n) is 6.03. The van der Waals surface area contributed by atoms with Gasteiger partial charge in [-0.3, -0.25) is 9.59 Å². The van der Waals surface area contributed by atoms with Crippen molar-refractivity contribution in [1.29, 1.82) is 0 Å². The Labute approximate surface area is 214 Å². The van der Waals surface area contributed by atoms with Crippen LogP contribution in [0.15, 0.2) is 52.0 Å². The van der Waals surface area contributed by atoms with Crippen molar-refractivity contribution < 1.29 is 14.0 Å². The standard InChI is InChI=1S/C27H27Cl2N3O3/c1-3-4-6-17-9-12-19(13-10-17)30-27(34)25-16(2)24-22(7-5-8-23(24)35-25)31-32-26(33)20-14-11-18(28)15-21(20)29/h9-15H,3-8H2,1-2H3,(H,30,34)(H,32,33)/b31-22+. The highest BCUT2D eigenvalue weighted by Gasteiger charge is 2.28. The Morgan fingerprint density at radius 3 is 2.54 bits per heavy atom. The molecule has 35 heavy (non-hydrogen) atoms. The third-order valence-corrected chi connectivity index (χ3v) is 6.58. The molecule has 2 aromatic carbocycles. The van der Waals surface area contributed by atoms with Crippen molar-refractivity contribution >= 4 is 46.4 Å². The fraction of sp³-hybridized carbons (Fsp3) is 0.296. The van der Waals surface area contributed by atoms with Crippen molar-refractivity contribution in [1.82, 2.24) is 5.43 Å². The zero-order chi connectivity index (χ0) is 24.9. The number of carbonyl (C=O) groups excluding carboxylic acids is 2. The van der Waals surface area contributed by atoms with Crippen LogP contribution in [0.3, 0.4) is 0 Å². The van der Waals surface area contributed by atoms with Gasteiger partial charge in [-0.2, -0.15) is 5.10 Å². The fourth-order valence-corrected chi connectivity index (χ4v) is 4.67. The van der Waals surface area contributed by atoms with E-state index >= 15 is 0 Å². The van der Waals surface area contributed by atoms with E-state index in [4.69, 9.17) is 27.6 Å². The molecule has 3 aromatic rings. The first-order valence-electron chi connectivity index (χ1n) is 11.7. The lowest BCUT2D eigenvalue weighted by Crippen LogP contribution is -2.22. The van der Waals surface area contributed by atoms with Crippen LogP contribution in [0.5, 0.6) is 0 Å². The zero-order valence-corrected chi connectivity index (χ0v) is 21.2. The van der Waals surface area contributed by atoms with Gasteiger partial charge in [0.15, 0.2) is 5.76 Å². The van der Waals surface area contributed by atoms with Gasteiger partial charge in [-0.25, -0.2) is 5.43 Å². The van der Waals surface area contributed by atoms with Gasteiger partial charge in [-0.1, -0.05) is 48.7 Å². The molecule has 0 atom stereocenters. The van der Waals surface area contributed by atoms with E-state index in [-0.39, 0.29) is 22.3 Å². The molecule has 0 fully saturated rings. The predicted molar refractivity (Wildman–Crippen MR) is 140 cm³/mol. The van der Waals surface area contributed by atoms with Crippen molar-refractivity contribution in [2.45, 2.75) is 52.4 Å². The summed E-state index contributed by atoms with van der Waals surface area (Å²) in [6.07, 6.45) is 5.47. The van der Waals surface area contributed by atoms with Gasteiger partial charge in [0.05, 0.1) is 16.3 Å². The first-order chi connectivity index (χ1) is 16.9. The molecule has 182 valence electrons. The molecule has 2 amide bonds.